The van der Waals surface area contributed by atoms with Crippen molar-refractivity contribution in [1.29, 1.82) is 0 Å². The van der Waals surface area contributed by atoms with Gasteiger partial charge in [0, 0.05) is 6.04 Å². The van der Waals surface area contributed by atoms with Gasteiger partial charge in [0.15, 0.2) is 0 Å². The highest BCUT2D eigenvalue weighted by molar-refractivity contribution is 5.21. The van der Waals surface area contributed by atoms with Crippen LogP contribution >= 0.6 is 0 Å². The molecule has 0 spiro atoms. The quantitative estimate of drug-likeness (QED) is 0.492. The van der Waals surface area contributed by atoms with Gasteiger partial charge >= 0.3 is 0 Å². The van der Waals surface area contributed by atoms with Gasteiger partial charge in [0.25, 0.3) is 0 Å². The molecule has 0 rings (SSSR count). The molecule has 0 fully saturated rings. The van der Waals surface area contributed by atoms with Crippen molar-refractivity contribution in [3.05, 3.63) is 36.5 Å². The van der Waals surface area contributed by atoms with Crippen LogP contribution in [0.1, 0.15) is 26.7 Å². The summed E-state index contributed by atoms with van der Waals surface area (Å²) in [4.78, 5) is 0. The molecular formula is C11H19N. The molecule has 0 bridgehead atoms. The Morgan fingerprint density at radius 3 is 2.50 bits per heavy atom. The first-order valence-electron chi connectivity index (χ1n) is 4.27. The zero-order valence-corrected chi connectivity index (χ0v) is 8.14. The predicted octanol–water partition coefficient (Wildman–Crippen LogP) is 2.80. The fourth-order valence-electron chi connectivity index (χ4n) is 0.913. The lowest BCUT2D eigenvalue weighted by Gasteiger charge is -2.03. The second kappa shape index (κ2) is 5.78. The normalized spacial score (nSPS) is 14.1. The molecule has 0 aliphatic rings. The van der Waals surface area contributed by atoms with E-state index in [0.717, 1.165) is 18.4 Å². The van der Waals surface area contributed by atoms with Crippen LogP contribution in [0.25, 0.3) is 0 Å². The van der Waals surface area contributed by atoms with Crippen molar-refractivity contribution in [2.24, 2.45) is 5.73 Å². The van der Waals surface area contributed by atoms with Crippen molar-refractivity contribution in [3.63, 3.8) is 0 Å². The van der Waals surface area contributed by atoms with Gasteiger partial charge < -0.3 is 5.73 Å². The van der Waals surface area contributed by atoms with E-state index < -0.39 is 0 Å². The van der Waals surface area contributed by atoms with Crippen molar-refractivity contribution >= 4 is 0 Å². The summed E-state index contributed by atoms with van der Waals surface area (Å²) in [5.74, 6) is 0. The van der Waals surface area contributed by atoms with E-state index in [1.807, 2.05) is 19.9 Å². The number of allylic oxidation sites excluding steroid dienone is 3. The molecule has 0 aromatic carbocycles. The van der Waals surface area contributed by atoms with Crippen LogP contribution in [0.5, 0.6) is 0 Å². The van der Waals surface area contributed by atoms with E-state index >= 15 is 0 Å². The standard InChI is InChI=1S/C11H19N/c1-5-11(8-9(2)3)7-6-10(4)12/h5,7,10H,1-2,6,8,12H2,3-4H3/b11-7+. The topological polar surface area (TPSA) is 26.0 Å². The zero-order chi connectivity index (χ0) is 9.56. The molecule has 0 aromatic heterocycles. The van der Waals surface area contributed by atoms with Gasteiger partial charge in [-0.1, -0.05) is 30.9 Å². The highest BCUT2D eigenvalue weighted by atomic mass is 14.6. The molecule has 1 unspecified atom stereocenters. The van der Waals surface area contributed by atoms with Crippen molar-refractivity contribution < 1.29 is 0 Å². The Morgan fingerprint density at radius 1 is 1.58 bits per heavy atom. The highest BCUT2D eigenvalue weighted by Gasteiger charge is 1.94. The van der Waals surface area contributed by atoms with E-state index in [2.05, 4.69) is 19.2 Å². The fraction of sp³-hybridized carbons (Fsp3) is 0.455. The molecule has 1 atom stereocenters. The fourth-order valence-corrected chi connectivity index (χ4v) is 0.913. The molecular weight excluding hydrogens is 146 g/mol. The maximum atomic E-state index is 5.62. The third-order valence-corrected chi connectivity index (χ3v) is 1.52. The summed E-state index contributed by atoms with van der Waals surface area (Å²) in [7, 11) is 0. The molecule has 0 aliphatic heterocycles. The predicted molar refractivity (Wildman–Crippen MR) is 56.0 cm³/mol. The number of nitrogens with two attached hydrogens (primary N) is 1. The molecule has 12 heavy (non-hydrogen) atoms. The zero-order valence-electron chi connectivity index (χ0n) is 8.14. The maximum absolute atomic E-state index is 5.62. The van der Waals surface area contributed by atoms with Gasteiger partial charge in [0.2, 0.25) is 0 Å². The second-order valence-corrected chi connectivity index (χ2v) is 3.33. The molecule has 0 aromatic rings. The van der Waals surface area contributed by atoms with Crippen LogP contribution in [0.3, 0.4) is 0 Å². The van der Waals surface area contributed by atoms with E-state index in [1.165, 1.54) is 5.57 Å². The Balaban J connectivity index is 4.04. The third kappa shape index (κ3) is 5.93. The monoisotopic (exact) mass is 165 g/mol. The smallest absolute Gasteiger partial charge is 0.00452 e. The minimum Gasteiger partial charge on any atom is -0.328 e. The second-order valence-electron chi connectivity index (χ2n) is 3.33. The summed E-state index contributed by atoms with van der Waals surface area (Å²) < 4.78 is 0. The van der Waals surface area contributed by atoms with Crippen LogP contribution in [0, 0.1) is 0 Å². The van der Waals surface area contributed by atoms with Gasteiger partial charge in [-0.05, 0) is 32.3 Å². The van der Waals surface area contributed by atoms with Gasteiger partial charge in [-0.3, -0.25) is 0 Å². The van der Waals surface area contributed by atoms with Crippen LogP contribution in [-0.2, 0) is 0 Å². The lowest BCUT2D eigenvalue weighted by molar-refractivity contribution is 0.753. The first kappa shape index (κ1) is 11.2. The molecule has 0 amide bonds. The number of hydrogen-bond acceptors (Lipinski definition) is 1. The van der Waals surface area contributed by atoms with Gasteiger partial charge in [-0.2, -0.15) is 0 Å². The molecule has 1 heteroatoms. The average Bonchev–Trinajstić information content (AvgIpc) is 1.97. The Kier molecular flexibility index (Phi) is 5.39. The first-order valence-corrected chi connectivity index (χ1v) is 4.27. The van der Waals surface area contributed by atoms with E-state index in [4.69, 9.17) is 5.73 Å². The summed E-state index contributed by atoms with van der Waals surface area (Å²) in [6.45, 7) is 11.6. The SMILES string of the molecule is C=C/C(=C\CC(C)N)CC(=C)C. The Labute approximate surface area is 75.7 Å². The molecule has 0 aliphatic carbocycles. The van der Waals surface area contributed by atoms with Crippen LogP contribution in [0.15, 0.2) is 36.5 Å². The van der Waals surface area contributed by atoms with Gasteiger partial charge in [-0.15, -0.1) is 0 Å². The van der Waals surface area contributed by atoms with Crippen molar-refractivity contribution in [2.75, 3.05) is 0 Å². The highest BCUT2D eigenvalue weighted by Crippen LogP contribution is 2.10. The molecule has 0 heterocycles. The Bertz CT molecular complexity index is 187. The van der Waals surface area contributed by atoms with Crippen molar-refractivity contribution in [2.45, 2.75) is 32.7 Å². The van der Waals surface area contributed by atoms with E-state index in [0.29, 0.717) is 0 Å². The van der Waals surface area contributed by atoms with E-state index in [1.54, 1.807) is 0 Å². The Hall–Kier alpha value is -0.820. The molecule has 0 saturated heterocycles. The van der Waals surface area contributed by atoms with Crippen molar-refractivity contribution in [1.82, 2.24) is 0 Å². The van der Waals surface area contributed by atoms with Crippen LogP contribution < -0.4 is 5.73 Å². The first-order chi connectivity index (χ1) is 5.56. The molecule has 68 valence electrons. The maximum Gasteiger partial charge on any atom is 0.00452 e. The van der Waals surface area contributed by atoms with Gasteiger partial charge in [-0.25, -0.2) is 0 Å². The molecule has 2 N–H and O–H groups in total. The summed E-state index contributed by atoms with van der Waals surface area (Å²) in [5.41, 5.74) is 8.01. The van der Waals surface area contributed by atoms with Crippen LogP contribution in [-0.4, -0.2) is 6.04 Å². The minimum absolute atomic E-state index is 0.227. The summed E-state index contributed by atoms with van der Waals surface area (Å²) in [6.07, 6.45) is 5.83. The van der Waals surface area contributed by atoms with Crippen molar-refractivity contribution in [3.8, 4) is 0 Å². The average molecular weight is 165 g/mol. The number of rotatable bonds is 5. The van der Waals surface area contributed by atoms with Gasteiger partial charge in [0.05, 0.1) is 0 Å². The van der Waals surface area contributed by atoms with E-state index in [-0.39, 0.29) is 6.04 Å². The summed E-state index contributed by atoms with van der Waals surface area (Å²) in [6, 6.07) is 0.227. The van der Waals surface area contributed by atoms with Crippen LogP contribution in [0.4, 0.5) is 0 Å². The molecule has 0 radical (unpaired) electrons. The largest absolute Gasteiger partial charge is 0.328 e. The Morgan fingerprint density at radius 2 is 2.17 bits per heavy atom. The molecule has 1 nitrogen and oxygen atoms in total. The number of hydrogen-bond donors (Lipinski definition) is 1. The third-order valence-electron chi connectivity index (χ3n) is 1.52. The summed E-state index contributed by atoms with van der Waals surface area (Å²) >= 11 is 0. The lowest BCUT2D eigenvalue weighted by Crippen LogP contribution is -2.13. The minimum atomic E-state index is 0.227. The van der Waals surface area contributed by atoms with Gasteiger partial charge in [0.1, 0.15) is 0 Å². The van der Waals surface area contributed by atoms with Crippen LogP contribution in [0.2, 0.25) is 0 Å². The molecule has 0 saturated carbocycles. The van der Waals surface area contributed by atoms with E-state index in [9.17, 15) is 0 Å². The summed E-state index contributed by atoms with van der Waals surface area (Å²) in [5, 5.41) is 0. The lowest BCUT2D eigenvalue weighted by atomic mass is 10.1.